The molecule has 0 aliphatic heterocycles. The molecule has 1 aromatic heterocycles. The van der Waals surface area contributed by atoms with Gasteiger partial charge in [0.05, 0.1) is 16.6 Å². The van der Waals surface area contributed by atoms with Crippen LogP contribution in [0.3, 0.4) is 0 Å². The van der Waals surface area contributed by atoms with E-state index in [-0.39, 0.29) is 29.2 Å². The first-order chi connectivity index (χ1) is 9.13. The van der Waals surface area contributed by atoms with Crippen molar-refractivity contribution in [1.82, 2.24) is 4.98 Å². The number of nitriles is 1. The highest BCUT2D eigenvalue weighted by Crippen LogP contribution is 2.28. The fraction of sp³-hybridized carbons (Fsp3) is 0.500. The van der Waals surface area contributed by atoms with E-state index in [0.29, 0.717) is 0 Å². The number of aromatic nitrogens is 1. The first-order valence-electron chi connectivity index (χ1n) is 5.98. The summed E-state index contributed by atoms with van der Waals surface area (Å²) < 4.78 is 5.26. The zero-order valence-corrected chi connectivity index (χ0v) is 10.5. The molecular weight excluding hydrogens is 248 g/mol. The van der Waals surface area contributed by atoms with Gasteiger partial charge in [-0.1, -0.05) is 0 Å². The third-order valence-electron chi connectivity index (χ3n) is 3.25. The highest BCUT2D eigenvalue weighted by Gasteiger charge is 2.27. The van der Waals surface area contributed by atoms with Crippen molar-refractivity contribution in [3.8, 4) is 6.07 Å². The van der Waals surface area contributed by atoms with Gasteiger partial charge in [0.2, 0.25) is 5.82 Å². The van der Waals surface area contributed by atoms with E-state index in [2.05, 4.69) is 10.3 Å². The molecule has 1 heterocycles. The molecule has 19 heavy (non-hydrogen) atoms. The second-order valence-corrected chi connectivity index (χ2v) is 4.47. The molecule has 0 spiro atoms. The molecule has 1 saturated carbocycles. The number of anilines is 1. The molecule has 1 aromatic rings. The summed E-state index contributed by atoms with van der Waals surface area (Å²) >= 11 is 0. The van der Waals surface area contributed by atoms with Crippen LogP contribution in [0.15, 0.2) is 12.3 Å². The first-order valence-corrected chi connectivity index (χ1v) is 5.98. The van der Waals surface area contributed by atoms with Gasteiger partial charge in [0.15, 0.2) is 0 Å². The van der Waals surface area contributed by atoms with Gasteiger partial charge in [-0.25, -0.2) is 4.98 Å². The summed E-state index contributed by atoms with van der Waals surface area (Å²) in [6.45, 7) is 0. The van der Waals surface area contributed by atoms with Crippen LogP contribution in [0, 0.1) is 21.4 Å². The van der Waals surface area contributed by atoms with Gasteiger partial charge >= 0.3 is 5.69 Å². The van der Waals surface area contributed by atoms with Crippen molar-refractivity contribution in [2.45, 2.75) is 31.4 Å². The normalized spacial score (nSPS) is 21.9. The molecule has 0 amide bonds. The van der Waals surface area contributed by atoms with Crippen molar-refractivity contribution in [3.63, 3.8) is 0 Å². The summed E-state index contributed by atoms with van der Waals surface area (Å²) in [6, 6.07) is 3.19. The fourth-order valence-corrected chi connectivity index (χ4v) is 2.24. The van der Waals surface area contributed by atoms with Crippen molar-refractivity contribution in [3.05, 3.63) is 27.9 Å². The maximum Gasteiger partial charge on any atom is 0.312 e. The van der Waals surface area contributed by atoms with Crippen LogP contribution in [0.1, 0.15) is 24.8 Å². The quantitative estimate of drug-likeness (QED) is 0.656. The van der Waals surface area contributed by atoms with Crippen LogP contribution in [0.2, 0.25) is 0 Å². The number of rotatable bonds is 4. The molecule has 2 unspecified atom stereocenters. The second kappa shape index (κ2) is 5.63. The van der Waals surface area contributed by atoms with Crippen molar-refractivity contribution >= 4 is 11.5 Å². The molecule has 1 N–H and O–H groups in total. The van der Waals surface area contributed by atoms with Crippen LogP contribution in [0.5, 0.6) is 0 Å². The predicted octanol–water partition coefficient (Wildman–Crippen LogP) is 1.84. The van der Waals surface area contributed by atoms with E-state index in [1.807, 2.05) is 6.07 Å². The molecule has 7 heteroatoms. The lowest BCUT2D eigenvalue weighted by Crippen LogP contribution is -2.19. The van der Waals surface area contributed by atoms with Crippen molar-refractivity contribution in [2.75, 3.05) is 12.4 Å². The summed E-state index contributed by atoms with van der Waals surface area (Å²) in [6.07, 6.45) is 4.14. The molecule has 2 atom stereocenters. The number of hydrogen-bond acceptors (Lipinski definition) is 6. The minimum Gasteiger partial charge on any atom is -0.381 e. The molecule has 0 aromatic carbocycles. The Morgan fingerprint density at radius 1 is 1.63 bits per heavy atom. The zero-order chi connectivity index (χ0) is 13.8. The maximum atomic E-state index is 11.0. The molecule has 0 radical (unpaired) electrons. The average molecular weight is 262 g/mol. The SMILES string of the molecule is COC1CCC(Nc2ncc(C#N)cc2[N+](=O)[O-])C1. The van der Waals surface area contributed by atoms with Gasteiger partial charge in [-0.3, -0.25) is 10.1 Å². The third kappa shape index (κ3) is 2.98. The molecule has 1 aliphatic carbocycles. The molecule has 1 aliphatic rings. The van der Waals surface area contributed by atoms with Crippen molar-refractivity contribution in [1.29, 1.82) is 5.26 Å². The van der Waals surface area contributed by atoms with Crippen LogP contribution in [0.4, 0.5) is 11.5 Å². The monoisotopic (exact) mass is 262 g/mol. The van der Waals surface area contributed by atoms with Crippen molar-refractivity contribution in [2.24, 2.45) is 0 Å². The van der Waals surface area contributed by atoms with Crippen LogP contribution < -0.4 is 5.32 Å². The number of nitro groups is 1. The fourth-order valence-electron chi connectivity index (χ4n) is 2.24. The van der Waals surface area contributed by atoms with Crippen LogP contribution in [0.25, 0.3) is 0 Å². The van der Waals surface area contributed by atoms with Gasteiger partial charge in [0, 0.05) is 25.4 Å². The number of nitrogens with one attached hydrogen (secondary N) is 1. The summed E-state index contributed by atoms with van der Waals surface area (Å²) in [7, 11) is 1.66. The zero-order valence-electron chi connectivity index (χ0n) is 10.5. The van der Waals surface area contributed by atoms with E-state index in [0.717, 1.165) is 19.3 Å². The topological polar surface area (TPSA) is 101 Å². The minimum absolute atomic E-state index is 0.115. The number of methoxy groups -OCH3 is 1. The standard InChI is InChI=1S/C12H14N4O3/c1-19-10-3-2-9(5-10)15-12-11(16(17)18)4-8(6-13)7-14-12/h4,7,9-10H,2-3,5H2,1H3,(H,14,15). The summed E-state index contributed by atoms with van der Waals surface area (Å²) in [5.74, 6) is 0.214. The lowest BCUT2D eigenvalue weighted by atomic mass is 10.2. The molecule has 1 fully saturated rings. The van der Waals surface area contributed by atoms with E-state index < -0.39 is 4.92 Å². The van der Waals surface area contributed by atoms with Gasteiger partial charge in [-0.15, -0.1) is 0 Å². The summed E-state index contributed by atoms with van der Waals surface area (Å²) in [5.41, 5.74) is 0.0124. The van der Waals surface area contributed by atoms with Gasteiger partial charge < -0.3 is 10.1 Å². The van der Waals surface area contributed by atoms with E-state index in [4.69, 9.17) is 10.00 Å². The van der Waals surface area contributed by atoms with Gasteiger partial charge in [-0.05, 0) is 19.3 Å². The smallest absolute Gasteiger partial charge is 0.312 e. The Morgan fingerprint density at radius 2 is 2.42 bits per heavy atom. The molecule has 0 saturated heterocycles. The molecular formula is C12H14N4O3. The Labute approximate surface area is 110 Å². The average Bonchev–Trinajstić information content (AvgIpc) is 2.86. The lowest BCUT2D eigenvalue weighted by Gasteiger charge is -2.13. The second-order valence-electron chi connectivity index (χ2n) is 4.47. The first kappa shape index (κ1) is 13.2. The van der Waals surface area contributed by atoms with Crippen LogP contribution >= 0.6 is 0 Å². The highest BCUT2D eigenvalue weighted by atomic mass is 16.6. The predicted molar refractivity (Wildman–Crippen MR) is 67.7 cm³/mol. The van der Waals surface area contributed by atoms with E-state index in [1.54, 1.807) is 7.11 Å². The number of pyridine rings is 1. The Kier molecular flexibility index (Phi) is 3.92. The van der Waals surface area contributed by atoms with Crippen LogP contribution in [-0.4, -0.2) is 29.2 Å². The van der Waals surface area contributed by atoms with E-state index >= 15 is 0 Å². The molecule has 0 bridgehead atoms. The Hall–Kier alpha value is -2.20. The number of ether oxygens (including phenoxy) is 1. The minimum atomic E-state index is -0.529. The van der Waals surface area contributed by atoms with Gasteiger partial charge in [-0.2, -0.15) is 5.26 Å². The summed E-state index contributed by atoms with van der Waals surface area (Å²) in [4.78, 5) is 14.4. The van der Waals surface area contributed by atoms with E-state index in [1.165, 1.54) is 12.3 Å². The maximum absolute atomic E-state index is 11.0. The molecule has 100 valence electrons. The van der Waals surface area contributed by atoms with Crippen LogP contribution in [-0.2, 0) is 4.74 Å². The molecule has 2 rings (SSSR count). The largest absolute Gasteiger partial charge is 0.381 e. The number of hydrogen-bond donors (Lipinski definition) is 1. The van der Waals surface area contributed by atoms with Gasteiger partial charge in [0.25, 0.3) is 0 Å². The number of nitrogens with zero attached hydrogens (tertiary/aromatic N) is 3. The third-order valence-corrected chi connectivity index (χ3v) is 3.25. The van der Waals surface area contributed by atoms with Crippen molar-refractivity contribution < 1.29 is 9.66 Å². The van der Waals surface area contributed by atoms with Gasteiger partial charge in [0.1, 0.15) is 6.07 Å². The van der Waals surface area contributed by atoms with E-state index in [9.17, 15) is 10.1 Å². The Balaban J connectivity index is 2.16. The Bertz CT molecular complexity index is 526. The molecule has 7 nitrogen and oxygen atoms in total. The summed E-state index contributed by atoms with van der Waals surface area (Å²) in [5, 5.41) is 22.8. The highest BCUT2D eigenvalue weighted by molar-refractivity contribution is 5.58. The lowest BCUT2D eigenvalue weighted by molar-refractivity contribution is -0.384. The Morgan fingerprint density at radius 3 is 3.00 bits per heavy atom.